The van der Waals surface area contributed by atoms with Crippen LogP contribution in [0.1, 0.15) is 22.8 Å². The van der Waals surface area contributed by atoms with E-state index in [2.05, 4.69) is 5.10 Å². The molecular weight excluding hydrogens is 238 g/mol. The molecule has 1 N–H and O–H groups in total. The zero-order valence-corrected chi connectivity index (χ0v) is 11.3. The van der Waals surface area contributed by atoms with Crippen molar-refractivity contribution in [1.82, 2.24) is 9.78 Å². The highest BCUT2D eigenvalue weighted by molar-refractivity contribution is 5.25. The number of hydrogen-bond donors (Lipinski definition) is 1. The van der Waals surface area contributed by atoms with Crippen molar-refractivity contribution in [3.63, 3.8) is 0 Å². The van der Waals surface area contributed by atoms with Gasteiger partial charge in [0.2, 0.25) is 0 Å². The van der Waals surface area contributed by atoms with Crippen LogP contribution in [0.5, 0.6) is 0 Å². The fraction of sp³-hybridized carbons (Fsp3) is 0.400. The van der Waals surface area contributed by atoms with Crippen LogP contribution in [-0.2, 0) is 11.7 Å². The largest absolute Gasteiger partial charge is 0.361 e. The first kappa shape index (κ1) is 9.28. The van der Waals surface area contributed by atoms with Gasteiger partial charge < -0.3 is 9.64 Å². The molecule has 0 aliphatic heterocycles. The SMILES string of the molecule is [2H]C(OCC[NH+](C)C)(c1ccccc1)c1ccnn1C([2H])([2H])[2H]. The second kappa shape index (κ2) is 6.50. The monoisotopic (exact) mass is 264 g/mol. The van der Waals surface area contributed by atoms with Crippen LogP contribution in [-0.4, -0.2) is 37.0 Å². The number of likely N-dealkylation sites (N-methyl/N-ethyl adjacent to an activating group) is 1. The topological polar surface area (TPSA) is 31.5 Å². The van der Waals surface area contributed by atoms with Crippen LogP contribution in [0.4, 0.5) is 0 Å². The molecule has 4 heteroatoms. The first-order valence-electron chi connectivity index (χ1n) is 8.28. The van der Waals surface area contributed by atoms with Gasteiger partial charge in [0, 0.05) is 17.3 Å². The summed E-state index contributed by atoms with van der Waals surface area (Å²) in [5, 5.41) is 3.87. The molecule has 1 aromatic carbocycles. The Balaban J connectivity index is 2.44. The highest BCUT2D eigenvalue weighted by Gasteiger charge is 2.18. The van der Waals surface area contributed by atoms with Crippen LogP contribution in [0.2, 0.25) is 0 Å². The van der Waals surface area contributed by atoms with Crippen LogP contribution in [0.15, 0.2) is 42.6 Å². The number of ether oxygens (including phenoxy) is 1. The van der Waals surface area contributed by atoms with Gasteiger partial charge in [-0.1, -0.05) is 30.3 Å². The van der Waals surface area contributed by atoms with Gasteiger partial charge in [-0.15, -0.1) is 0 Å². The van der Waals surface area contributed by atoms with E-state index in [-0.39, 0.29) is 5.69 Å². The number of nitrogens with one attached hydrogen (secondary N) is 1. The van der Waals surface area contributed by atoms with Gasteiger partial charge in [0.15, 0.2) is 0 Å². The van der Waals surface area contributed by atoms with Gasteiger partial charge in [-0.05, 0) is 11.6 Å². The minimum absolute atomic E-state index is 0.192. The fourth-order valence-corrected chi connectivity index (χ4v) is 1.73. The van der Waals surface area contributed by atoms with Crippen LogP contribution in [0.25, 0.3) is 0 Å². The highest BCUT2D eigenvalue weighted by atomic mass is 16.5. The van der Waals surface area contributed by atoms with E-state index in [4.69, 9.17) is 10.2 Å². The van der Waals surface area contributed by atoms with Crippen molar-refractivity contribution in [2.45, 2.75) is 6.08 Å². The van der Waals surface area contributed by atoms with Crippen LogP contribution >= 0.6 is 0 Å². The molecule has 1 unspecified atom stereocenters. The van der Waals surface area contributed by atoms with Gasteiger partial charge in [0.25, 0.3) is 0 Å². The summed E-state index contributed by atoms with van der Waals surface area (Å²) in [4.78, 5) is 1.18. The van der Waals surface area contributed by atoms with Crippen molar-refractivity contribution >= 4 is 0 Å². The molecule has 0 spiro atoms. The lowest BCUT2D eigenvalue weighted by molar-refractivity contribution is -0.858. The number of aryl methyl sites for hydroxylation is 1. The summed E-state index contributed by atoms with van der Waals surface area (Å²) in [5.74, 6) is 0. The Morgan fingerprint density at radius 1 is 1.37 bits per heavy atom. The second-order valence-electron chi connectivity index (χ2n) is 4.63. The summed E-state index contributed by atoms with van der Waals surface area (Å²) in [6.45, 7) is -1.43. The normalized spacial score (nSPS) is 18.3. The van der Waals surface area contributed by atoms with Crippen molar-refractivity contribution in [3.05, 3.63) is 53.9 Å². The van der Waals surface area contributed by atoms with E-state index in [0.29, 0.717) is 18.7 Å². The molecule has 0 amide bonds. The number of hydrogen-bond acceptors (Lipinski definition) is 2. The van der Waals surface area contributed by atoms with E-state index < -0.39 is 13.1 Å². The van der Waals surface area contributed by atoms with E-state index >= 15 is 0 Å². The molecule has 2 rings (SSSR count). The minimum Gasteiger partial charge on any atom is -0.361 e. The predicted octanol–water partition coefficient (Wildman–Crippen LogP) is 0.671. The van der Waals surface area contributed by atoms with E-state index in [1.165, 1.54) is 17.2 Å². The Bertz CT molecular complexity index is 627. The third-order valence-electron chi connectivity index (χ3n) is 2.76. The molecule has 19 heavy (non-hydrogen) atoms. The Labute approximate surface area is 120 Å². The maximum atomic E-state index is 8.84. The summed E-state index contributed by atoms with van der Waals surface area (Å²) >= 11 is 0. The molecule has 0 fully saturated rings. The summed E-state index contributed by atoms with van der Waals surface area (Å²) in [5.41, 5.74) is 0.761. The first-order valence-corrected chi connectivity index (χ1v) is 6.28. The summed E-state index contributed by atoms with van der Waals surface area (Å²) in [7, 11) is 3.98. The van der Waals surface area contributed by atoms with Crippen LogP contribution < -0.4 is 4.90 Å². The Morgan fingerprint density at radius 2 is 2.16 bits per heavy atom. The third-order valence-corrected chi connectivity index (χ3v) is 2.76. The van der Waals surface area contributed by atoms with E-state index in [1.54, 1.807) is 24.3 Å². The smallest absolute Gasteiger partial charge is 0.124 e. The zero-order valence-electron chi connectivity index (χ0n) is 15.3. The van der Waals surface area contributed by atoms with Crippen molar-refractivity contribution < 1.29 is 15.1 Å². The fourth-order valence-electron chi connectivity index (χ4n) is 1.73. The van der Waals surface area contributed by atoms with Crippen LogP contribution in [0.3, 0.4) is 0 Å². The van der Waals surface area contributed by atoms with E-state index in [1.807, 2.05) is 20.2 Å². The van der Waals surface area contributed by atoms with Gasteiger partial charge in [-0.3, -0.25) is 4.68 Å². The summed E-state index contributed by atoms with van der Waals surface area (Å²) in [6, 6.07) is 10.5. The molecule has 1 atom stereocenters. The van der Waals surface area contributed by atoms with Gasteiger partial charge in [-0.2, -0.15) is 5.10 Å². The summed E-state index contributed by atoms with van der Waals surface area (Å²) < 4.78 is 38.4. The molecule has 1 heterocycles. The standard InChI is InChI=1S/C15H21N3O/c1-17(2)11-12-19-15(13-7-5-4-6-8-13)14-9-10-16-18(14)3/h4-10,15H,11-12H2,1-3H3/p+1/i3D3,15D. The van der Waals surface area contributed by atoms with Crippen molar-refractivity contribution in [2.24, 2.45) is 6.98 Å². The Morgan fingerprint density at radius 3 is 2.84 bits per heavy atom. The minimum atomic E-state index is -2.46. The molecule has 2 aromatic rings. The lowest BCUT2D eigenvalue weighted by atomic mass is 10.1. The number of aromatic nitrogens is 2. The van der Waals surface area contributed by atoms with Crippen molar-refractivity contribution in [3.8, 4) is 0 Å². The molecule has 0 aliphatic rings. The Kier molecular flexibility index (Phi) is 3.18. The number of nitrogens with zero attached hydrogens (tertiary/aromatic N) is 2. The molecule has 0 aliphatic carbocycles. The average Bonchev–Trinajstić information content (AvgIpc) is 2.98. The van der Waals surface area contributed by atoms with E-state index in [0.717, 1.165) is 4.68 Å². The lowest BCUT2D eigenvalue weighted by Crippen LogP contribution is -3.06. The van der Waals surface area contributed by atoms with Gasteiger partial charge in [0.05, 0.1) is 27.8 Å². The first-order chi connectivity index (χ1) is 10.7. The molecule has 0 bridgehead atoms. The number of rotatable bonds is 6. The molecule has 0 radical (unpaired) electrons. The molecule has 102 valence electrons. The Hall–Kier alpha value is -1.65. The number of quaternary nitrogens is 1. The zero-order chi connectivity index (χ0) is 17.1. The summed E-state index contributed by atoms with van der Waals surface area (Å²) in [6.07, 6.45) is -0.240. The maximum absolute atomic E-state index is 8.84. The predicted molar refractivity (Wildman–Crippen MR) is 75.1 cm³/mol. The number of benzene rings is 1. The molecule has 0 saturated heterocycles. The van der Waals surface area contributed by atoms with Crippen LogP contribution in [0, 0.1) is 0 Å². The van der Waals surface area contributed by atoms with Crippen molar-refractivity contribution in [1.29, 1.82) is 0 Å². The third kappa shape index (κ3) is 3.66. The average molecular weight is 264 g/mol. The van der Waals surface area contributed by atoms with Gasteiger partial charge >= 0.3 is 0 Å². The van der Waals surface area contributed by atoms with E-state index in [9.17, 15) is 0 Å². The van der Waals surface area contributed by atoms with Gasteiger partial charge in [-0.25, -0.2) is 0 Å². The van der Waals surface area contributed by atoms with Gasteiger partial charge in [0.1, 0.15) is 12.6 Å². The second-order valence-corrected chi connectivity index (χ2v) is 4.63. The maximum Gasteiger partial charge on any atom is 0.124 e. The lowest BCUT2D eigenvalue weighted by Gasteiger charge is -2.19. The molecule has 1 aromatic heterocycles. The quantitative estimate of drug-likeness (QED) is 0.831. The molecular formula is C15H22N3O+. The van der Waals surface area contributed by atoms with Crippen molar-refractivity contribution in [2.75, 3.05) is 27.2 Å². The highest BCUT2D eigenvalue weighted by Crippen LogP contribution is 2.24. The molecule has 4 nitrogen and oxygen atoms in total. The molecule has 0 saturated carbocycles.